The molecular weight excluding hydrogens is 412 g/mol. The van der Waals surface area contributed by atoms with E-state index in [2.05, 4.69) is 46.8 Å². The van der Waals surface area contributed by atoms with E-state index in [0.717, 1.165) is 35.7 Å². The second kappa shape index (κ2) is 11.0. The van der Waals surface area contributed by atoms with Crippen LogP contribution >= 0.6 is 0 Å². The zero-order chi connectivity index (χ0) is 23.0. The van der Waals surface area contributed by atoms with Crippen LogP contribution in [0.1, 0.15) is 28.7 Å². The van der Waals surface area contributed by atoms with Crippen LogP contribution < -0.4 is 15.4 Å². The average Bonchev–Trinajstić information content (AvgIpc) is 3.17. The Morgan fingerprint density at radius 2 is 1.82 bits per heavy atom. The van der Waals surface area contributed by atoms with Gasteiger partial charge in [-0.25, -0.2) is 4.98 Å². The predicted molar refractivity (Wildman–Crippen MR) is 131 cm³/mol. The van der Waals surface area contributed by atoms with E-state index in [1.807, 2.05) is 48.2 Å². The number of hydrogen-bond acceptors (Lipinski definition) is 5. The third kappa shape index (κ3) is 6.33. The highest BCUT2D eigenvalue weighted by Crippen LogP contribution is 2.19. The number of anilines is 1. The SMILES string of the molecule is Cc1ccc(CN2CC[C@@H](NCCNc3ncc(OCc4ccccc4)cc3C)C2=O)cc1. The van der Waals surface area contributed by atoms with E-state index < -0.39 is 0 Å². The zero-order valence-corrected chi connectivity index (χ0v) is 19.4. The molecule has 2 N–H and O–H groups in total. The molecule has 0 saturated carbocycles. The monoisotopic (exact) mass is 444 g/mol. The molecule has 1 aromatic heterocycles. The first-order chi connectivity index (χ1) is 16.1. The third-order valence-corrected chi connectivity index (χ3v) is 5.90. The fourth-order valence-electron chi connectivity index (χ4n) is 3.98. The highest BCUT2D eigenvalue weighted by Gasteiger charge is 2.30. The maximum Gasteiger partial charge on any atom is 0.240 e. The van der Waals surface area contributed by atoms with E-state index in [9.17, 15) is 4.79 Å². The van der Waals surface area contributed by atoms with E-state index in [4.69, 9.17) is 4.74 Å². The molecule has 0 bridgehead atoms. The minimum absolute atomic E-state index is 0.111. The fourth-order valence-corrected chi connectivity index (χ4v) is 3.98. The Kier molecular flexibility index (Phi) is 7.58. The van der Waals surface area contributed by atoms with Gasteiger partial charge in [-0.1, -0.05) is 60.2 Å². The maximum absolute atomic E-state index is 12.7. The minimum atomic E-state index is -0.111. The molecule has 2 heterocycles. The van der Waals surface area contributed by atoms with Crippen LogP contribution in [0.5, 0.6) is 5.75 Å². The molecule has 0 unspecified atom stereocenters. The number of nitrogens with zero attached hydrogens (tertiary/aromatic N) is 2. The molecule has 1 fully saturated rings. The third-order valence-electron chi connectivity index (χ3n) is 5.90. The lowest BCUT2D eigenvalue weighted by Crippen LogP contribution is -2.40. The number of amides is 1. The van der Waals surface area contributed by atoms with Gasteiger partial charge in [-0.2, -0.15) is 0 Å². The molecule has 4 rings (SSSR count). The number of carbonyl (C=O) groups is 1. The standard InChI is InChI=1S/C27H32N4O2/c1-20-8-10-22(11-9-20)18-31-15-12-25(27(31)32)28-13-14-29-26-21(2)16-24(17-30-26)33-19-23-6-4-3-5-7-23/h3-11,16-17,25,28H,12-15,18-19H2,1-2H3,(H,29,30)/t25-/m1/s1. The number of likely N-dealkylation sites (tertiary alicyclic amines) is 1. The van der Waals surface area contributed by atoms with Crippen LogP contribution in [0.3, 0.4) is 0 Å². The van der Waals surface area contributed by atoms with Crippen molar-refractivity contribution < 1.29 is 9.53 Å². The van der Waals surface area contributed by atoms with Gasteiger partial charge in [-0.3, -0.25) is 4.79 Å². The van der Waals surface area contributed by atoms with Crippen molar-refractivity contribution in [1.82, 2.24) is 15.2 Å². The molecule has 33 heavy (non-hydrogen) atoms. The molecule has 6 nitrogen and oxygen atoms in total. The van der Waals surface area contributed by atoms with Crippen molar-refractivity contribution in [2.45, 2.75) is 39.5 Å². The van der Waals surface area contributed by atoms with Gasteiger partial charge in [0.2, 0.25) is 5.91 Å². The number of ether oxygens (including phenoxy) is 1. The van der Waals surface area contributed by atoms with Crippen molar-refractivity contribution >= 4 is 11.7 Å². The van der Waals surface area contributed by atoms with Crippen LogP contribution in [0, 0.1) is 13.8 Å². The Morgan fingerprint density at radius 1 is 1.03 bits per heavy atom. The molecule has 1 saturated heterocycles. The molecule has 6 heteroatoms. The molecule has 0 aliphatic carbocycles. The van der Waals surface area contributed by atoms with Crippen LogP contribution in [0.2, 0.25) is 0 Å². The first-order valence-corrected chi connectivity index (χ1v) is 11.5. The molecule has 1 atom stereocenters. The highest BCUT2D eigenvalue weighted by atomic mass is 16.5. The molecule has 2 aromatic carbocycles. The Labute approximate surface area is 196 Å². The molecule has 1 amide bonds. The number of pyridine rings is 1. The summed E-state index contributed by atoms with van der Waals surface area (Å²) in [5, 5.41) is 6.74. The van der Waals surface area contributed by atoms with Gasteiger partial charge in [0.25, 0.3) is 0 Å². The fraction of sp³-hybridized carbons (Fsp3) is 0.333. The molecule has 0 spiro atoms. The van der Waals surface area contributed by atoms with Gasteiger partial charge in [0.15, 0.2) is 0 Å². The van der Waals surface area contributed by atoms with E-state index in [-0.39, 0.29) is 11.9 Å². The van der Waals surface area contributed by atoms with Crippen molar-refractivity contribution in [3.8, 4) is 5.75 Å². The summed E-state index contributed by atoms with van der Waals surface area (Å²) in [6.07, 6.45) is 2.59. The first kappa shape index (κ1) is 22.8. The molecule has 1 aliphatic heterocycles. The van der Waals surface area contributed by atoms with Crippen molar-refractivity contribution in [3.63, 3.8) is 0 Å². The number of nitrogens with one attached hydrogen (secondary N) is 2. The summed E-state index contributed by atoms with van der Waals surface area (Å²) in [7, 11) is 0. The predicted octanol–water partition coefficient (Wildman–Crippen LogP) is 4.08. The quantitative estimate of drug-likeness (QED) is 0.461. The van der Waals surface area contributed by atoms with Gasteiger partial charge < -0.3 is 20.3 Å². The van der Waals surface area contributed by atoms with E-state index in [1.54, 1.807) is 6.20 Å². The molecule has 1 aliphatic rings. The van der Waals surface area contributed by atoms with Crippen LogP contribution in [-0.2, 0) is 17.9 Å². The van der Waals surface area contributed by atoms with Gasteiger partial charge in [-0.15, -0.1) is 0 Å². The largest absolute Gasteiger partial charge is 0.487 e. The number of aryl methyl sites for hydroxylation is 2. The van der Waals surface area contributed by atoms with Crippen molar-refractivity contribution in [3.05, 3.63) is 89.1 Å². The summed E-state index contributed by atoms with van der Waals surface area (Å²) in [6, 6.07) is 20.4. The number of rotatable bonds is 10. The lowest BCUT2D eigenvalue weighted by molar-refractivity contribution is -0.129. The van der Waals surface area contributed by atoms with Crippen LogP contribution in [0.25, 0.3) is 0 Å². The molecule has 172 valence electrons. The van der Waals surface area contributed by atoms with Gasteiger partial charge in [0, 0.05) is 26.2 Å². The van der Waals surface area contributed by atoms with Crippen LogP contribution in [0.4, 0.5) is 5.82 Å². The Morgan fingerprint density at radius 3 is 2.58 bits per heavy atom. The Bertz CT molecular complexity index is 1050. The lowest BCUT2D eigenvalue weighted by atomic mass is 10.1. The average molecular weight is 445 g/mol. The first-order valence-electron chi connectivity index (χ1n) is 11.5. The Hall–Kier alpha value is -3.38. The molecule has 0 radical (unpaired) electrons. The smallest absolute Gasteiger partial charge is 0.240 e. The second-order valence-corrected chi connectivity index (χ2v) is 8.58. The minimum Gasteiger partial charge on any atom is -0.487 e. The normalized spacial score (nSPS) is 15.6. The zero-order valence-electron chi connectivity index (χ0n) is 19.4. The highest BCUT2D eigenvalue weighted by molar-refractivity contribution is 5.84. The number of aromatic nitrogens is 1. The van der Waals surface area contributed by atoms with Gasteiger partial charge in [0.05, 0.1) is 12.2 Å². The van der Waals surface area contributed by atoms with Gasteiger partial charge in [-0.05, 0) is 43.0 Å². The van der Waals surface area contributed by atoms with Crippen LogP contribution in [0.15, 0.2) is 66.9 Å². The lowest BCUT2D eigenvalue weighted by Gasteiger charge is -2.18. The summed E-state index contributed by atoms with van der Waals surface area (Å²) in [5.41, 5.74) is 4.57. The second-order valence-electron chi connectivity index (χ2n) is 8.58. The van der Waals surface area contributed by atoms with E-state index in [0.29, 0.717) is 26.2 Å². The number of carbonyl (C=O) groups excluding carboxylic acids is 1. The van der Waals surface area contributed by atoms with Gasteiger partial charge >= 0.3 is 0 Å². The van der Waals surface area contributed by atoms with E-state index >= 15 is 0 Å². The summed E-state index contributed by atoms with van der Waals surface area (Å²) < 4.78 is 5.85. The molecule has 3 aromatic rings. The summed E-state index contributed by atoms with van der Waals surface area (Å²) in [4.78, 5) is 19.2. The summed E-state index contributed by atoms with van der Waals surface area (Å²) in [6.45, 7) is 7.47. The summed E-state index contributed by atoms with van der Waals surface area (Å²) in [5.74, 6) is 1.78. The maximum atomic E-state index is 12.7. The Balaban J connectivity index is 1.19. The van der Waals surface area contributed by atoms with Crippen molar-refractivity contribution in [1.29, 1.82) is 0 Å². The molecular formula is C27H32N4O2. The van der Waals surface area contributed by atoms with Crippen molar-refractivity contribution in [2.75, 3.05) is 25.0 Å². The van der Waals surface area contributed by atoms with E-state index in [1.165, 1.54) is 11.1 Å². The topological polar surface area (TPSA) is 66.5 Å². The van der Waals surface area contributed by atoms with Crippen molar-refractivity contribution in [2.24, 2.45) is 0 Å². The number of hydrogen-bond donors (Lipinski definition) is 2. The summed E-state index contributed by atoms with van der Waals surface area (Å²) >= 11 is 0. The number of benzene rings is 2. The van der Waals surface area contributed by atoms with Gasteiger partial charge in [0.1, 0.15) is 18.2 Å². The van der Waals surface area contributed by atoms with Crippen LogP contribution in [-0.4, -0.2) is 41.5 Å².